The van der Waals surface area contributed by atoms with E-state index in [-0.39, 0.29) is 58.2 Å². The molecule has 0 unspecified atom stereocenters. The van der Waals surface area contributed by atoms with Gasteiger partial charge in [0.2, 0.25) is 0 Å². The van der Waals surface area contributed by atoms with E-state index in [9.17, 15) is 19.7 Å². The SMILES string of the molecule is COc1cc(/C=N\N2C(=O)[C@@H]3[C@H]4C=C[C@@H]([C@@H]5C[C@@H]45)[C@H]3C2=O)c([N+](=O)[O-])cc1OC. The molecule has 0 N–H and O–H groups in total. The van der Waals surface area contributed by atoms with Gasteiger partial charge >= 0.3 is 0 Å². The highest BCUT2D eigenvalue weighted by atomic mass is 16.6. The van der Waals surface area contributed by atoms with Crippen molar-refractivity contribution in [2.45, 2.75) is 6.42 Å². The van der Waals surface area contributed by atoms with E-state index in [4.69, 9.17) is 9.47 Å². The average Bonchev–Trinajstić information content (AvgIpc) is 3.50. The Balaban J connectivity index is 1.48. The topological polar surface area (TPSA) is 111 Å². The molecule has 0 spiro atoms. The molecular formula is C20H19N3O6. The van der Waals surface area contributed by atoms with Crippen molar-refractivity contribution in [3.8, 4) is 11.5 Å². The number of hydrogen-bond acceptors (Lipinski definition) is 7. The fraction of sp³-hybridized carbons (Fsp3) is 0.450. The van der Waals surface area contributed by atoms with Crippen molar-refractivity contribution in [3.63, 3.8) is 0 Å². The second-order valence-electron chi connectivity index (χ2n) is 7.91. The Labute approximate surface area is 166 Å². The highest BCUT2D eigenvalue weighted by Gasteiger charge is 2.67. The van der Waals surface area contributed by atoms with E-state index in [1.807, 2.05) is 0 Å². The summed E-state index contributed by atoms with van der Waals surface area (Å²) in [6.45, 7) is 0. The number of nitrogens with zero attached hydrogens (tertiary/aromatic N) is 3. The Morgan fingerprint density at radius 3 is 2.14 bits per heavy atom. The summed E-state index contributed by atoms with van der Waals surface area (Å²) in [4.78, 5) is 36.8. The van der Waals surface area contributed by atoms with E-state index in [0.717, 1.165) is 11.4 Å². The van der Waals surface area contributed by atoms with Gasteiger partial charge in [-0.15, -0.1) is 0 Å². The first-order valence-electron chi connectivity index (χ1n) is 9.46. The lowest BCUT2D eigenvalue weighted by Crippen LogP contribution is -2.40. The Hall–Kier alpha value is -3.23. The highest BCUT2D eigenvalue weighted by Crippen LogP contribution is 2.65. The third kappa shape index (κ3) is 2.43. The van der Waals surface area contributed by atoms with Crippen molar-refractivity contribution < 1.29 is 24.0 Å². The van der Waals surface area contributed by atoms with Crippen LogP contribution in [0.2, 0.25) is 0 Å². The van der Waals surface area contributed by atoms with Crippen LogP contribution in [0.4, 0.5) is 5.69 Å². The van der Waals surface area contributed by atoms with E-state index < -0.39 is 4.92 Å². The van der Waals surface area contributed by atoms with Gasteiger partial charge < -0.3 is 9.47 Å². The van der Waals surface area contributed by atoms with Gasteiger partial charge in [0.15, 0.2) is 11.5 Å². The number of nitro benzene ring substituents is 1. The molecule has 0 aromatic heterocycles. The Morgan fingerprint density at radius 1 is 1.07 bits per heavy atom. The molecule has 6 rings (SSSR count). The van der Waals surface area contributed by atoms with Crippen molar-refractivity contribution in [1.29, 1.82) is 0 Å². The van der Waals surface area contributed by atoms with Crippen LogP contribution in [0.1, 0.15) is 12.0 Å². The molecule has 1 saturated heterocycles. The third-order valence-electron chi connectivity index (χ3n) is 6.68. The number of methoxy groups -OCH3 is 2. The maximum absolute atomic E-state index is 12.9. The first-order chi connectivity index (χ1) is 14.0. The lowest BCUT2D eigenvalue weighted by molar-refractivity contribution is -0.385. The molecule has 0 radical (unpaired) electrons. The molecule has 1 aromatic carbocycles. The van der Waals surface area contributed by atoms with Crippen molar-refractivity contribution >= 4 is 23.7 Å². The minimum Gasteiger partial charge on any atom is -0.493 e. The van der Waals surface area contributed by atoms with Crippen LogP contribution in [0.25, 0.3) is 0 Å². The number of ether oxygens (including phenoxy) is 2. The van der Waals surface area contributed by atoms with Crippen LogP contribution >= 0.6 is 0 Å². The second-order valence-corrected chi connectivity index (χ2v) is 7.91. The summed E-state index contributed by atoms with van der Waals surface area (Å²) < 4.78 is 10.3. The lowest BCUT2D eigenvalue weighted by Gasteiger charge is -2.37. The van der Waals surface area contributed by atoms with Gasteiger partial charge in [0.25, 0.3) is 17.5 Å². The number of benzene rings is 1. The molecule has 5 aliphatic rings. The molecule has 1 heterocycles. The summed E-state index contributed by atoms with van der Waals surface area (Å²) in [5.74, 6) is 0.333. The molecule has 3 fully saturated rings. The van der Waals surface area contributed by atoms with Crippen LogP contribution in [0.5, 0.6) is 11.5 Å². The van der Waals surface area contributed by atoms with Gasteiger partial charge in [-0.2, -0.15) is 10.1 Å². The van der Waals surface area contributed by atoms with Crippen LogP contribution in [-0.4, -0.2) is 42.2 Å². The molecule has 29 heavy (non-hydrogen) atoms. The smallest absolute Gasteiger partial charge is 0.282 e. The number of hydrogen-bond donors (Lipinski definition) is 0. The summed E-state index contributed by atoms with van der Waals surface area (Å²) in [6.07, 6.45) is 6.41. The Kier molecular flexibility index (Phi) is 3.77. The number of nitro groups is 1. The molecule has 6 atom stereocenters. The van der Waals surface area contributed by atoms with Gasteiger partial charge in [0, 0.05) is 0 Å². The minimum absolute atomic E-state index is 0.0991. The maximum atomic E-state index is 12.9. The first-order valence-corrected chi connectivity index (χ1v) is 9.46. The van der Waals surface area contributed by atoms with Crippen LogP contribution < -0.4 is 9.47 Å². The minimum atomic E-state index is -0.575. The number of carbonyl (C=O) groups is 2. The van der Waals surface area contributed by atoms with E-state index in [0.29, 0.717) is 11.8 Å². The zero-order valence-electron chi connectivity index (χ0n) is 15.8. The first kappa shape index (κ1) is 17.8. The van der Waals surface area contributed by atoms with E-state index >= 15 is 0 Å². The lowest BCUT2D eigenvalue weighted by atomic mass is 9.63. The monoisotopic (exact) mass is 397 g/mol. The summed E-state index contributed by atoms with van der Waals surface area (Å²) >= 11 is 0. The molecule has 9 heteroatoms. The fourth-order valence-electron chi connectivity index (χ4n) is 5.32. The van der Waals surface area contributed by atoms with Crippen molar-refractivity contribution in [2.75, 3.05) is 14.2 Å². The number of hydrazone groups is 1. The van der Waals surface area contributed by atoms with Gasteiger partial charge in [-0.25, -0.2) is 0 Å². The zero-order chi connectivity index (χ0) is 20.4. The highest BCUT2D eigenvalue weighted by molar-refractivity contribution is 6.06. The molecule has 2 amide bonds. The maximum Gasteiger partial charge on any atom is 0.282 e. The normalized spacial score (nSPS) is 33.8. The van der Waals surface area contributed by atoms with Crippen molar-refractivity contribution in [3.05, 3.63) is 40.0 Å². The summed E-state index contributed by atoms with van der Waals surface area (Å²) in [6, 6.07) is 2.63. The van der Waals surface area contributed by atoms with E-state index in [1.165, 1.54) is 32.6 Å². The number of imide groups is 1. The molecule has 2 bridgehead atoms. The molecule has 1 aliphatic heterocycles. The van der Waals surface area contributed by atoms with Gasteiger partial charge in [-0.05, 0) is 36.2 Å². The standard InChI is InChI=1S/C20H19N3O6/c1-28-15-5-9(14(23(26)27)7-16(15)29-2)8-21-22-19(24)17-10-3-4-11(13-6-12(10)13)18(17)20(22)25/h3-5,7-8,10-13,17-18H,6H2,1-2H3/b21-8-/t10-,11-,12-,13-,17+,18+/m0/s1. The predicted molar refractivity (Wildman–Crippen MR) is 100 cm³/mol. The molecular weight excluding hydrogens is 378 g/mol. The van der Waals surface area contributed by atoms with E-state index in [2.05, 4.69) is 17.3 Å². The molecule has 150 valence electrons. The van der Waals surface area contributed by atoms with Crippen LogP contribution in [0.3, 0.4) is 0 Å². The third-order valence-corrected chi connectivity index (χ3v) is 6.68. The number of carbonyl (C=O) groups excluding carboxylic acids is 2. The van der Waals surface area contributed by atoms with Crippen LogP contribution in [0.15, 0.2) is 29.4 Å². The largest absolute Gasteiger partial charge is 0.493 e. The summed E-state index contributed by atoms with van der Waals surface area (Å²) in [5.41, 5.74) is -0.141. The molecule has 4 aliphatic carbocycles. The number of rotatable bonds is 5. The Bertz CT molecular complexity index is 966. The molecule has 1 aromatic rings. The molecule has 9 nitrogen and oxygen atoms in total. The molecule has 2 saturated carbocycles. The van der Waals surface area contributed by atoms with Gasteiger partial charge in [-0.1, -0.05) is 12.2 Å². The van der Waals surface area contributed by atoms with Gasteiger partial charge in [0.05, 0.1) is 48.8 Å². The fourth-order valence-corrected chi connectivity index (χ4v) is 5.32. The van der Waals surface area contributed by atoms with Gasteiger partial charge in [0.1, 0.15) is 0 Å². The predicted octanol–water partition coefficient (Wildman–Crippen LogP) is 2.00. The zero-order valence-corrected chi connectivity index (χ0v) is 15.8. The summed E-state index contributed by atoms with van der Waals surface area (Å²) in [5, 5.41) is 16.4. The Morgan fingerprint density at radius 2 is 1.62 bits per heavy atom. The van der Waals surface area contributed by atoms with E-state index in [1.54, 1.807) is 0 Å². The number of allylic oxidation sites excluding steroid dienone is 2. The van der Waals surface area contributed by atoms with Crippen molar-refractivity contribution in [2.24, 2.45) is 40.6 Å². The van der Waals surface area contributed by atoms with Crippen molar-refractivity contribution in [1.82, 2.24) is 5.01 Å². The quantitative estimate of drug-likeness (QED) is 0.247. The average molecular weight is 397 g/mol. The second kappa shape index (κ2) is 6.13. The van der Waals surface area contributed by atoms with Gasteiger partial charge in [-0.3, -0.25) is 19.7 Å². The summed E-state index contributed by atoms with van der Waals surface area (Å²) in [7, 11) is 2.79. The number of amides is 2. The van der Waals surface area contributed by atoms with Crippen LogP contribution in [-0.2, 0) is 9.59 Å². The van der Waals surface area contributed by atoms with Crippen LogP contribution in [0, 0.1) is 45.6 Å².